The third-order valence-corrected chi connectivity index (χ3v) is 2.89. The third kappa shape index (κ3) is 3.38. The minimum atomic E-state index is -1.06. The van der Waals surface area contributed by atoms with Crippen LogP contribution in [0.2, 0.25) is 0 Å². The molecule has 0 saturated heterocycles. The summed E-state index contributed by atoms with van der Waals surface area (Å²) in [5.41, 5.74) is 0.768. The standard InChI is InChI=1S/C15H18N2O3/c1-2-3-7-10-20-14-11-13(15(18)19)16-17(14)12-8-5-4-6-9-12/h4-6,8-9,11H,2-3,7,10H2,1H3,(H,18,19). The van der Waals surface area contributed by atoms with Crippen molar-refractivity contribution < 1.29 is 14.6 Å². The molecule has 1 aromatic carbocycles. The Bertz CT molecular complexity index is 564. The Morgan fingerprint density at radius 1 is 1.30 bits per heavy atom. The molecular weight excluding hydrogens is 256 g/mol. The molecule has 0 radical (unpaired) electrons. The number of ether oxygens (including phenoxy) is 1. The molecule has 0 unspecified atom stereocenters. The number of nitrogens with zero attached hydrogens (tertiary/aromatic N) is 2. The van der Waals surface area contributed by atoms with E-state index in [0.29, 0.717) is 12.5 Å². The molecule has 2 aromatic rings. The fourth-order valence-corrected chi connectivity index (χ4v) is 1.85. The van der Waals surface area contributed by atoms with Crippen molar-refractivity contribution in [3.05, 3.63) is 42.1 Å². The van der Waals surface area contributed by atoms with Gasteiger partial charge in [0.15, 0.2) is 5.69 Å². The maximum atomic E-state index is 11.0. The summed E-state index contributed by atoms with van der Waals surface area (Å²) in [6.07, 6.45) is 3.14. The van der Waals surface area contributed by atoms with Gasteiger partial charge in [0, 0.05) is 6.07 Å². The van der Waals surface area contributed by atoms with Crippen LogP contribution in [-0.2, 0) is 0 Å². The summed E-state index contributed by atoms with van der Waals surface area (Å²) in [4.78, 5) is 11.0. The number of rotatable bonds is 7. The van der Waals surface area contributed by atoms with Crippen LogP contribution in [0.4, 0.5) is 0 Å². The number of hydrogen-bond acceptors (Lipinski definition) is 3. The Labute approximate surface area is 117 Å². The Balaban J connectivity index is 2.22. The third-order valence-electron chi connectivity index (χ3n) is 2.89. The highest BCUT2D eigenvalue weighted by atomic mass is 16.5. The van der Waals surface area contributed by atoms with Gasteiger partial charge in [0.25, 0.3) is 0 Å². The van der Waals surface area contributed by atoms with Crippen LogP contribution < -0.4 is 4.74 Å². The molecule has 0 aliphatic rings. The summed E-state index contributed by atoms with van der Waals surface area (Å²) >= 11 is 0. The smallest absolute Gasteiger partial charge is 0.356 e. The summed E-state index contributed by atoms with van der Waals surface area (Å²) in [6.45, 7) is 2.68. The van der Waals surface area contributed by atoms with Crippen LogP contribution >= 0.6 is 0 Å². The van der Waals surface area contributed by atoms with E-state index in [0.717, 1.165) is 24.9 Å². The van der Waals surface area contributed by atoms with E-state index in [1.165, 1.54) is 10.7 Å². The van der Waals surface area contributed by atoms with Crippen molar-refractivity contribution in [3.8, 4) is 11.6 Å². The van der Waals surface area contributed by atoms with Crippen LogP contribution in [0, 0.1) is 0 Å². The fourth-order valence-electron chi connectivity index (χ4n) is 1.85. The second kappa shape index (κ2) is 6.75. The number of carbonyl (C=O) groups is 1. The van der Waals surface area contributed by atoms with Crippen LogP contribution in [0.1, 0.15) is 36.7 Å². The van der Waals surface area contributed by atoms with Gasteiger partial charge in [-0.2, -0.15) is 5.10 Å². The van der Waals surface area contributed by atoms with Gasteiger partial charge in [-0.1, -0.05) is 38.0 Å². The molecule has 0 aliphatic heterocycles. The average Bonchev–Trinajstić information content (AvgIpc) is 2.89. The minimum absolute atomic E-state index is 0.0145. The first kappa shape index (κ1) is 14.1. The molecule has 0 atom stereocenters. The fraction of sp³-hybridized carbons (Fsp3) is 0.333. The summed E-state index contributed by atoms with van der Waals surface area (Å²) in [6, 6.07) is 10.8. The minimum Gasteiger partial charge on any atom is -0.478 e. The van der Waals surface area contributed by atoms with Crippen LogP contribution in [0.5, 0.6) is 5.88 Å². The van der Waals surface area contributed by atoms with Crippen LogP contribution in [-0.4, -0.2) is 27.5 Å². The van der Waals surface area contributed by atoms with Crippen molar-refractivity contribution in [2.24, 2.45) is 0 Å². The van der Waals surface area contributed by atoms with Crippen LogP contribution in [0.25, 0.3) is 5.69 Å². The molecular formula is C15H18N2O3. The zero-order chi connectivity index (χ0) is 14.4. The van der Waals surface area contributed by atoms with E-state index in [9.17, 15) is 4.79 Å². The quantitative estimate of drug-likeness (QED) is 0.788. The topological polar surface area (TPSA) is 64.3 Å². The lowest BCUT2D eigenvalue weighted by Gasteiger charge is -2.08. The molecule has 5 nitrogen and oxygen atoms in total. The SMILES string of the molecule is CCCCCOc1cc(C(=O)O)nn1-c1ccccc1. The van der Waals surface area contributed by atoms with Crippen molar-refractivity contribution in [3.63, 3.8) is 0 Å². The Morgan fingerprint density at radius 3 is 2.70 bits per heavy atom. The molecule has 20 heavy (non-hydrogen) atoms. The number of unbranched alkanes of at least 4 members (excludes halogenated alkanes) is 2. The van der Waals surface area contributed by atoms with Crippen molar-refractivity contribution in [2.45, 2.75) is 26.2 Å². The van der Waals surface area contributed by atoms with E-state index in [1.807, 2.05) is 30.3 Å². The number of carboxylic acid groups (broad SMARTS) is 1. The Kier molecular flexibility index (Phi) is 4.76. The van der Waals surface area contributed by atoms with Gasteiger partial charge in [0.05, 0.1) is 12.3 Å². The summed E-state index contributed by atoms with van der Waals surface area (Å²) in [7, 11) is 0. The number of benzene rings is 1. The lowest BCUT2D eigenvalue weighted by atomic mass is 10.3. The van der Waals surface area contributed by atoms with E-state index in [4.69, 9.17) is 9.84 Å². The van der Waals surface area contributed by atoms with Gasteiger partial charge >= 0.3 is 5.97 Å². The zero-order valence-corrected chi connectivity index (χ0v) is 11.5. The number of hydrogen-bond donors (Lipinski definition) is 1. The van der Waals surface area contributed by atoms with Gasteiger partial charge in [0.2, 0.25) is 5.88 Å². The van der Waals surface area contributed by atoms with Crippen molar-refractivity contribution in [2.75, 3.05) is 6.61 Å². The largest absolute Gasteiger partial charge is 0.478 e. The highest BCUT2D eigenvalue weighted by molar-refractivity contribution is 5.85. The summed E-state index contributed by atoms with van der Waals surface area (Å²) in [5, 5.41) is 13.1. The number of carboxylic acids is 1. The van der Waals surface area contributed by atoms with Gasteiger partial charge < -0.3 is 9.84 Å². The van der Waals surface area contributed by atoms with Gasteiger partial charge in [-0.25, -0.2) is 9.48 Å². The van der Waals surface area contributed by atoms with Crippen LogP contribution in [0.3, 0.4) is 0 Å². The van der Waals surface area contributed by atoms with Gasteiger partial charge in [-0.05, 0) is 18.6 Å². The molecule has 106 valence electrons. The van der Waals surface area contributed by atoms with E-state index < -0.39 is 5.97 Å². The molecule has 2 rings (SSSR count). The zero-order valence-electron chi connectivity index (χ0n) is 11.5. The van der Waals surface area contributed by atoms with E-state index in [2.05, 4.69) is 12.0 Å². The molecule has 0 aliphatic carbocycles. The molecule has 0 spiro atoms. The van der Waals surface area contributed by atoms with Crippen molar-refractivity contribution in [1.29, 1.82) is 0 Å². The number of aromatic nitrogens is 2. The predicted molar refractivity (Wildman–Crippen MR) is 75.5 cm³/mol. The van der Waals surface area contributed by atoms with E-state index >= 15 is 0 Å². The second-order valence-electron chi connectivity index (χ2n) is 4.48. The monoisotopic (exact) mass is 274 g/mol. The predicted octanol–water partition coefficient (Wildman–Crippen LogP) is 3.14. The first-order valence-corrected chi connectivity index (χ1v) is 6.74. The Morgan fingerprint density at radius 2 is 2.05 bits per heavy atom. The molecule has 1 aromatic heterocycles. The molecule has 0 fully saturated rings. The summed E-state index contributed by atoms with van der Waals surface area (Å²) in [5.74, 6) is -0.595. The van der Waals surface area contributed by atoms with Gasteiger partial charge in [-0.3, -0.25) is 0 Å². The van der Waals surface area contributed by atoms with Crippen molar-refractivity contribution >= 4 is 5.97 Å². The van der Waals surface area contributed by atoms with Gasteiger partial charge in [-0.15, -0.1) is 0 Å². The van der Waals surface area contributed by atoms with Gasteiger partial charge in [0.1, 0.15) is 0 Å². The average molecular weight is 274 g/mol. The number of para-hydroxylation sites is 1. The normalized spacial score (nSPS) is 10.4. The lowest BCUT2D eigenvalue weighted by Crippen LogP contribution is -2.05. The highest BCUT2D eigenvalue weighted by Crippen LogP contribution is 2.20. The Hall–Kier alpha value is -2.30. The first-order valence-electron chi connectivity index (χ1n) is 6.74. The first-order chi connectivity index (χ1) is 9.72. The number of aromatic carboxylic acids is 1. The molecule has 0 amide bonds. The van der Waals surface area contributed by atoms with Crippen LogP contribution in [0.15, 0.2) is 36.4 Å². The van der Waals surface area contributed by atoms with E-state index in [1.54, 1.807) is 0 Å². The molecule has 1 heterocycles. The van der Waals surface area contributed by atoms with E-state index in [-0.39, 0.29) is 5.69 Å². The maximum Gasteiger partial charge on any atom is 0.356 e. The summed E-state index contributed by atoms with van der Waals surface area (Å²) < 4.78 is 7.18. The lowest BCUT2D eigenvalue weighted by molar-refractivity contribution is 0.0690. The molecule has 1 N–H and O–H groups in total. The molecule has 5 heteroatoms. The van der Waals surface area contributed by atoms with Crippen molar-refractivity contribution in [1.82, 2.24) is 9.78 Å². The maximum absolute atomic E-state index is 11.0. The molecule has 0 saturated carbocycles. The highest BCUT2D eigenvalue weighted by Gasteiger charge is 2.15. The molecule has 0 bridgehead atoms. The second-order valence-corrected chi connectivity index (χ2v) is 4.48.